The van der Waals surface area contributed by atoms with Crippen LogP contribution in [0, 0.1) is 5.92 Å². The van der Waals surface area contributed by atoms with Gasteiger partial charge in [0.05, 0.1) is 36.8 Å². The van der Waals surface area contributed by atoms with Crippen LogP contribution in [0.1, 0.15) is 38.3 Å². The van der Waals surface area contributed by atoms with E-state index < -0.39 is 9.84 Å². The van der Waals surface area contributed by atoms with Crippen LogP contribution in [0.5, 0.6) is 0 Å². The van der Waals surface area contributed by atoms with Crippen LogP contribution < -0.4 is 0 Å². The number of sulfone groups is 1. The van der Waals surface area contributed by atoms with Crippen LogP contribution in [0.25, 0.3) is 0 Å². The molecular formula is C20H31N5O3S. The fourth-order valence-electron chi connectivity index (χ4n) is 3.88. The molecule has 1 aliphatic carbocycles. The third-order valence-corrected chi connectivity index (χ3v) is 7.57. The molecule has 8 nitrogen and oxygen atoms in total. The summed E-state index contributed by atoms with van der Waals surface area (Å²) in [6.45, 7) is 6.61. The van der Waals surface area contributed by atoms with Crippen molar-refractivity contribution >= 4 is 9.84 Å². The Hall–Kier alpha value is -1.71. The third kappa shape index (κ3) is 5.26. The molecule has 2 aliphatic rings. The van der Waals surface area contributed by atoms with Crippen molar-refractivity contribution in [2.45, 2.75) is 63.5 Å². The summed E-state index contributed by atoms with van der Waals surface area (Å²) in [7, 11) is -3.38. The number of nitrogens with zero attached hydrogens (tertiary/aromatic N) is 5. The summed E-state index contributed by atoms with van der Waals surface area (Å²) >= 11 is 0. The van der Waals surface area contributed by atoms with E-state index in [-0.39, 0.29) is 17.0 Å². The Morgan fingerprint density at radius 3 is 2.83 bits per heavy atom. The van der Waals surface area contributed by atoms with E-state index in [1.807, 2.05) is 21.5 Å². The lowest BCUT2D eigenvalue weighted by Crippen LogP contribution is -2.29. The fourth-order valence-corrected chi connectivity index (χ4v) is 5.72. The maximum absolute atomic E-state index is 13.0. The van der Waals surface area contributed by atoms with Gasteiger partial charge in [-0.2, -0.15) is 5.10 Å². The molecule has 29 heavy (non-hydrogen) atoms. The van der Waals surface area contributed by atoms with Gasteiger partial charge < -0.3 is 9.30 Å². The summed E-state index contributed by atoms with van der Waals surface area (Å²) in [5.41, 5.74) is 0.942. The molecule has 0 N–H and O–H groups in total. The number of rotatable bonds is 11. The van der Waals surface area contributed by atoms with Gasteiger partial charge in [-0.25, -0.2) is 13.4 Å². The zero-order valence-electron chi connectivity index (χ0n) is 17.1. The topological polar surface area (TPSA) is 82.3 Å². The molecular weight excluding hydrogens is 390 g/mol. The molecule has 2 fully saturated rings. The molecule has 1 saturated heterocycles. The van der Waals surface area contributed by atoms with Gasteiger partial charge in [-0.3, -0.25) is 9.58 Å². The summed E-state index contributed by atoms with van der Waals surface area (Å²) in [5.74, 6) is 0.517. The van der Waals surface area contributed by atoms with Gasteiger partial charge >= 0.3 is 0 Å². The minimum Gasteiger partial charge on any atom is -0.376 e. The minimum atomic E-state index is -3.38. The first kappa shape index (κ1) is 20.6. The Balaban J connectivity index is 1.52. The summed E-state index contributed by atoms with van der Waals surface area (Å²) in [4.78, 5) is 6.68. The third-order valence-electron chi connectivity index (χ3n) is 5.78. The van der Waals surface area contributed by atoms with Gasteiger partial charge in [0.1, 0.15) is 0 Å². The van der Waals surface area contributed by atoms with E-state index in [0.29, 0.717) is 19.0 Å². The minimum absolute atomic E-state index is 0.0666. The summed E-state index contributed by atoms with van der Waals surface area (Å²) in [6.07, 6.45) is 9.57. The van der Waals surface area contributed by atoms with Gasteiger partial charge in [-0.1, -0.05) is 6.92 Å². The summed E-state index contributed by atoms with van der Waals surface area (Å²) in [5, 5.41) is 4.48. The lowest BCUT2D eigenvalue weighted by atomic mass is 10.2. The molecule has 0 spiro atoms. The Labute approximate surface area is 172 Å². The fraction of sp³-hybridized carbons (Fsp3) is 0.700. The average Bonchev–Trinajstić information content (AvgIpc) is 3.14. The number of imidazole rings is 1. The van der Waals surface area contributed by atoms with Gasteiger partial charge in [0.15, 0.2) is 0 Å². The molecule has 1 atom stereocenters. The second-order valence-electron chi connectivity index (χ2n) is 8.14. The molecule has 1 saturated carbocycles. The van der Waals surface area contributed by atoms with E-state index in [2.05, 4.69) is 21.9 Å². The van der Waals surface area contributed by atoms with E-state index in [1.165, 1.54) is 0 Å². The predicted octanol–water partition coefficient (Wildman–Crippen LogP) is 1.96. The predicted molar refractivity (Wildman–Crippen MR) is 109 cm³/mol. The van der Waals surface area contributed by atoms with Crippen molar-refractivity contribution in [2.24, 2.45) is 5.92 Å². The molecule has 2 aromatic heterocycles. The number of hydrogen-bond donors (Lipinski definition) is 0. The molecule has 0 radical (unpaired) electrons. The molecule has 0 amide bonds. The van der Waals surface area contributed by atoms with Crippen molar-refractivity contribution in [2.75, 3.05) is 25.4 Å². The van der Waals surface area contributed by atoms with Crippen molar-refractivity contribution in [1.29, 1.82) is 0 Å². The number of likely N-dealkylation sites (N-methyl/N-ethyl adjacent to an activating group) is 1. The molecule has 9 heteroatoms. The van der Waals surface area contributed by atoms with Crippen molar-refractivity contribution in [3.05, 3.63) is 30.4 Å². The Kier molecular flexibility index (Phi) is 6.36. The van der Waals surface area contributed by atoms with E-state index in [4.69, 9.17) is 4.74 Å². The maximum Gasteiger partial charge on any atom is 0.227 e. The Bertz CT molecular complexity index is 883. The first-order valence-electron chi connectivity index (χ1n) is 10.6. The van der Waals surface area contributed by atoms with E-state index in [0.717, 1.165) is 57.6 Å². The van der Waals surface area contributed by atoms with Crippen LogP contribution in [0.15, 0.2) is 29.8 Å². The second-order valence-corrected chi connectivity index (χ2v) is 10.1. The van der Waals surface area contributed by atoms with Gasteiger partial charge in [0, 0.05) is 32.1 Å². The SMILES string of the molecule is CCN(CCn1cccn1)Cc1cnc(S(=O)(=O)CC2CC2)n1CC1CCCO1. The van der Waals surface area contributed by atoms with Crippen molar-refractivity contribution in [3.8, 4) is 0 Å². The molecule has 3 heterocycles. The highest BCUT2D eigenvalue weighted by Gasteiger charge is 2.33. The van der Waals surface area contributed by atoms with Crippen LogP contribution in [-0.4, -0.2) is 64.2 Å². The van der Waals surface area contributed by atoms with Crippen LogP contribution in [-0.2, 0) is 34.2 Å². The van der Waals surface area contributed by atoms with Crippen LogP contribution in [0.4, 0.5) is 0 Å². The lowest BCUT2D eigenvalue weighted by molar-refractivity contribution is 0.0932. The van der Waals surface area contributed by atoms with E-state index in [1.54, 1.807) is 12.4 Å². The first-order valence-corrected chi connectivity index (χ1v) is 12.3. The van der Waals surface area contributed by atoms with Gasteiger partial charge in [0.2, 0.25) is 15.0 Å². The molecule has 0 aromatic carbocycles. The largest absolute Gasteiger partial charge is 0.376 e. The molecule has 2 aromatic rings. The molecule has 4 rings (SSSR count). The van der Waals surface area contributed by atoms with Crippen LogP contribution >= 0.6 is 0 Å². The Morgan fingerprint density at radius 1 is 1.31 bits per heavy atom. The van der Waals surface area contributed by atoms with Crippen molar-refractivity contribution < 1.29 is 13.2 Å². The zero-order valence-corrected chi connectivity index (χ0v) is 17.9. The quantitative estimate of drug-likeness (QED) is 0.552. The van der Waals surface area contributed by atoms with Gasteiger partial charge in [0.25, 0.3) is 0 Å². The molecule has 0 bridgehead atoms. The summed E-state index contributed by atoms with van der Waals surface area (Å²) < 4.78 is 35.6. The highest BCUT2D eigenvalue weighted by atomic mass is 32.2. The number of ether oxygens (including phenoxy) is 1. The molecule has 1 unspecified atom stereocenters. The van der Waals surface area contributed by atoms with Crippen LogP contribution in [0.3, 0.4) is 0 Å². The second kappa shape index (κ2) is 8.97. The smallest absolute Gasteiger partial charge is 0.227 e. The van der Waals surface area contributed by atoms with Gasteiger partial charge in [-0.05, 0) is 44.2 Å². The number of hydrogen-bond acceptors (Lipinski definition) is 6. The van der Waals surface area contributed by atoms with Crippen molar-refractivity contribution in [1.82, 2.24) is 24.2 Å². The molecule has 1 aliphatic heterocycles. The lowest BCUT2D eigenvalue weighted by Gasteiger charge is -2.22. The highest BCUT2D eigenvalue weighted by molar-refractivity contribution is 7.91. The Morgan fingerprint density at radius 2 is 2.17 bits per heavy atom. The maximum atomic E-state index is 13.0. The van der Waals surface area contributed by atoms with E-state index >= 15 is 0 Å². The van der Waals surface area contributed by atoms with E-state index in [9.17, 15) is 8.42 Å². The molecule has 160 valence electrons. The van der Waals surface area contributed by atoms with Crippen LogP contribution in [0.2, 0.25) is 0 Å². The standard InChI is InChI=1S/C20H31N5O3S/c1-2-23(10-11-24-9-4-8-22-24)14-18-13-21-20(29(26,27)16-17-6-7-17)25(18)15-19-5-3-12-28-19/h4,8-9,13,17,19H,2-3,5-7,10-12,14-16H2,1H3. The number of aromatic nitrogens is 4. The normalized spacial score (nSPS) is 20.0. The zero-order chi connectivity index (χ0) is 20.3. The van der Waals surface area contributed by atoms with Gasteiger partial charge in [-0.15, -0.1) is 0 Å². The average molecular weight is 422 g/mol. The monoisotopic (exact) mass is 421 g/mol. The first-order chi connectivity index (χ1) is 14.0. The summed E-state index contributed by atoms with van der Waals surface area (Å²) in [6, 6.07) is 1.92. The van der Waals surface area contributed by atoms with Crippen molar-refractivity contribution in [3.63, 3.8) is 0 Å². The highest BCUT2D eigenvalue weighted by Crippen LogP contribution is 2.32.